The third kappa shape index (κ3) is 4.09. The summed E-state index contributed by atoms with van der Waals surface area (Å²) < 4.78 is 10.2. The molecule has 0 saturated heterocycles. The number of thiophene rings is 2. The number of rotatable bonds is 8. The van der Waals surface area contributed by atoms with Crippen molar-refractivity contribution in [2.75, 3.05) is 20.8 Å². The van der Waals surface area contributed by atoms with Gasteiger partial charge in [-0.25, -0.2) is 0 Å². The highest BCUT2D eigenvalue weighted by Crippen LogP contribution is 2.36. The minimum absolute atomic E-state index is 0.143. The van der Waals surface area contributed by atoms with Gasteiger partial charge in [-0.2, -0.15) is 11.3 Å². The molecule has 10 heteroatoms. The van der Waals surface area contributed by atoms with E-state index in [0.29, 0.717) is 10.4 Å². The quantitative estimate of drug-likeness (QED) is 0.415. The molecule has 0 radical (unpaired) electrons. The molecule has 2 N–H and O–H groups in total. The first-order valence-electron chi connectivity index (χ1n) is 8.38. The van der Waals surface area contributed by atoms with Gasteiger partial charge in [0.2, 0.25) is 0 Å². The van der Waals surface area contributed by atoms with E-state index in [9.17, 15) is 20.0 Å². The summed E-state index contributed by atoms with van der Waals surface area (Å²) in [6.07, 6.45) is 0. The number of nitro groups is 1. The fourth-order valence-electron chi connectivity index (χ4n) is 2.85. The Morgan fingerprint density at radius 1 is 1.24 bits per heavy atom. The van der Waals surface area contributed by atoms with Crippen molar-refractivity contribution in [1.29, 1.82) is 0 Å². The van der Waals surface area contributed by atoms with Crippen LogP contribution in [0.3, 0.4) is 0 Å². The number of nitrogens with one attached hydrogen (secondary N) is 1. The highest BCUT2D eigenvalue weighted by atomic mass is 32.1. The van der Waals surface area contributed by atoms with Crippen LogP contribution in [-0.4, -0.2) is 36.7 Å². The lowest BCUT2D eigenvalue weighted by Gasteiger charge is -2.27. The molecule has 0 aliphatic carbocycles. The van der Waals surface area contributed by atoms with E-state index in [0.717, 1.165) is 6.07 Å². The van der Waals surface area contributed by atoms with Crippen molar-refractivity contribution in [2.45, 2.75) is 5.60 Å². The van der Waals surface area contributed by atoms with Crippen LogP contribution in [0.15, 0.2) is 46.5 Å². The number of hydrogen-bond acceptors (Lipinski definition) is 8. The molecule has 0 saturated carbocycles. The van der Waals surface area contributed by atoms with Crippen LogP contribution in [-0.2, 0) is 5.60 Å². The maximum absolute atomic E-state index is 12.8. The van der Waals surface area contributed by atoms with Crippen molar-refractivity contribution in [1.82, 2.24) is 5.32 Å². The average Bonchev–Trinajstić information content (AvgIpc) is 3.45. The van der Waals surface area contributed by atoms with E-state index in [-0.39, 0.29) is 23.6 Å². The second kappa shape index (κ2) is 8.60. The van der Waals surface area contributed by atoms with Gasteiger partial charge in [-0.3, -0.25) is 14.9 Å². The molecule has 0 fully saturated rings. The monoisotopic (exact) mass is 434 g/mol. The predicted octanol–water partition coefficient (Wildman–Crippen LogP) is 3.40. The molecule has 0 bridgehead atoms. The maximum Gasteiger partial charge on any atom is 0.286 e. The predicted molar refractivity (Wildman–Crippen MR) is 110 cm³/mol. The Hall–Kier alpha value is -2.95. The lowest BCUT2D eigenvalue weighted by molar-refractivity contribution is -0.385. The van der Waals surface area contributed by atoms with Gasteiger partial charge in [0.25, 0.3) is 11.6 Å². The largest absolute Gasteiger partial charge is 0.493 e. The Morgan fingerprint density at radius 3 is 2.52 bits per heavy atom. The summed E-state index contributed by atoms with van der Waals surface area (Å²) in [6, 6.07) is 7.74. The maximum atomic E-state index is 12.8. The third-order valence-corrected chi connectivity index (χ3v) is 6.08. The van der Waals surface area contributed by atoms with Crippen molar-refractivity contribution in [3.8, 4) is 11.5 Å². The molecule has 3 rings (SSSR count). The van der Waals surface area contributed by atoms with Crippen molar-refractivity contribution < 1.29 is 24.3 Å². The zero-order chi connectivity index (χ0) is 21.0. The summed E-state index contributed by atoms with van der Waals surface area (Å²) in [6.45, 7) is -0.158. The van der Waals surface area contributed by atoms with Gasteiger partial charge in [0.1, 0.15) is 11.2 Å². The van der Waals surface area contributed by atoms with Crippen LogP contribution >= 0.6 is 22.7 Å². The molecule has 1 atom stereocenters. The standard InChI is InChI=1S/C19H18N2O6S2/c1-26-15-8-13(14(21(24)25)9-16(15)27-2)18(22)20-11-19(23,12-5-7-28-10-12)17-4-3-6-29-17/h3-10,23H,11H2,1-2H3,(H,20,22). The van der Waals surface area contributed by atoms with E-state index in [1.807, 2.05) is 10.8 Å². The zero-order valence-electron chi connectivity index (χ0n) is 15.6. The number of carbonyl (C=O) groups excluding carboxylic acids is 1. The second-order valence-corrected chi connectivity index (χ2v) is 7.74. The van der Waals surface area contributed by atoms with E-state index in [1.165, 1.54) is 43.0 Å². The minimum atomic E-state index is -1.45. The summed E-state index contributed by atoms with van der Waals surface area (Å²) in [5.41, 5.74) is -1.43. The number of nitro benzene ring substituents is 1. The molecule has 1 amide bonds. The average molecular weight is 434 g/mol. The SMILES string of the molecule is COc1cc(C(=O)NCC(O)(c2ccsc2)c2cccs2)c([N+](=O)[O-])cc1OC. The minimum Gasteiger partial charge on any atom is -0.493 e. The smallest absolute Gasteiger partial charge is 0.286 e. The summed E-state index contributed by atoms with van der Waals surface area (Å²) in [5.74, 6) is -0.374. The van der Waals surface area contributed by atoms with Crippen molar-refractivity contribution in [3.05, 3.63) is 72.6 Å². The van der Waals surface area contributed by atoms with Crippen LogP contribution in [0.25, 0.3) is 0 Å². The number of aliphatic hydroxyl groups is 1. The van der Waals surface area contributed by atoms with Gasteiger partial charge in [0.05, 0.1) is 31.8 Å². The van der Waals surface area contributed by atoms with Crippen molar-refractivity contribution in [3.63, 3.8) is 0 Å². The first-order valence-corrected chi connectivity index (χ1v) is 10.2. The summed E-state index contributed by atoms with van der Waals surface area (Å²) in [4.78, 5) is 24.2. The number of carbonyl (C=O) groups is 1. The van der Waals surface area contributed by atoms with Crippen LogP contribution in [0.5, 0.6) is 11.5 Å². The molecule has 1 aromatic carbocycles. The first-order chi connectivity index (χ1) is 13.9. The molecule has 0 aliphatic rings. The second-order valence-electron chi connectivity index (χ2n) is 6.01. The van der Waals surface area contributed by atoms with Gasteiger partial charge < -0.3 is 19.9 Å². The molecule has 8 nitrogen and oxygen atoms in total. The van der Waals surface area contributed by atoms with Gasteiger partial charge in [-0.05, 0) is 28.3 Å². The fraction of sp³-hybridized carbons (Fsp3) is 0.211. The molecule has 2 aromatic heterocycles. The van der Waals surface area contributed by atoms with E-state index in [1.54, 1.807) is 23.6 Å². The lowest BCUT2D eigenvalue weighted by atomic mass is 9.94. The lowest BCUT2D eigenvalue weighted by Crippen LogP contribution is -2.41. The highest BCUT2D eigenvalue weighted by Gasteiger charge is 2.34. The number of ether oxygens (including phenoxy) is 2. The van der Waals surface area contributed by atoms with Crippen LogP contribution in [0.2, 0.25) is 0 Å². The topological polar surface area (TPSA) is 111 Å². The Labute approximate surface area is 174 Å². The molecule has 0 aliphatic heterocycles. The highest BCUT2D eigenvalue weighted by molar-refractivity contribution is 7.10. The zero-order valence-corrected chi connectivity index (χ0v) is 17.2. The van der Waals surface area contributed by atoms with Crippen LogP contribution in [0.4, 0.5) is 5.69 Å². The number of nitrogens with zero attached hydrogens (tertiary/aromatic N) is 1. The van der Waals surface area contributed by atoms with E-state index in [2.05, 4.69) is 5.32 Å². The Morgan fingerprint density at radius 2 is 1.97 bits per heavy atom. The van der Waals surface area contributed by atoms with Gasteiger partial charge >= 0.3 is 0 Å². The summed E-state index contributed by atoms with van der Waals surface area (Å²) in [5, 5.41) is 30.8. The Bertz CT molecular complexity index is 968. The number of amides is 1. The molecule has 3 aromatic rings. The fourth-order valence-corrected chi connectivity index (χ4v) is 4.42. The molecule has 152 valence electrons. The molecule has 2 heterocycles. The summed E-state index contributed by atoms with van der Waals surface area (Å²) in [7, 11) is 2.72. The molecular weight excluding hydrogens is 416 g/mol. The number of methoxy groups -OCH3 is 2. The van der Waals surface area contributed by atoms with Crippen molar-refractivity contribution in [2.24, 2.45) is 0 Å². The number of hydrogen-bond donors (Lipinski definition) is 2. The van der Waals surface area contributed by atoms with E-state index in [4.69, 9.17) is 9.47 Å². The first kappa shape index (κ1) is 20.8. The van der Waals surface area contributed by atoms with Crippen LogP contribution < -0.4 is 14.8 Å². The van der Waals surface area contributed by atoms with Gasteiger partial charge in [0.15, 0.2) is 11.5 Å². The van der Waals surface area contributed by atoms with Crippen molar-refractivity contribution >= 4 is 34.3 Å². The third-order valence-electron chi connectivity index (χ3n) is 4.38. The Balaban J connectivity index is 1.92. The van der Waals surface area contributed by atoms with Gasteiger partial charge in [-0.1, -0.05) is 6.07 Å². The van der Waals surface area contributed by atoms with Crippen LogP contribution in [0, 0.1) is 10.1 Å². The molecule has 0 spiro atoms. The molecule has 29 heavy (non-hydrogen) atoms. The number of benzene rings is 1. The van der Waals surface area contributed by atoms with Gasteiger partial charge in [0, 0.05) is 16.5 Å². The molecule has 1 unspecified atom stereocenters. The van der Waals surface area contributed by atoms with E-state index >= 15 is 0 Å². The van der Waals surface area contributed by atoms with E-state index < -0.39 is 22.1 Å². The normalized spacial score (nSPS) is 12.8. The molecular formula is C19H18N2O6S2. The Kier molecular flexibility index (Phi) is 6.16. The van der Waals surface area contributed by atoms with Gasteiger partial charge in [-0.15, -0.1) is 11.3 Å². The summed E-state index contributed by atoms with van der Waals surface area (Å²) >= 11 is 2.78. The van der Waals surface area contributed by atoms with Crippen LogP contribution in [0.1, 0.15) is 20.8 Å².